The van der Waals surface area contributed by atoms with Crippen molar-refractivity contribution in [1.29, 1.82) is 0 Å². The fraction of sp³-hybridized carbons (Fsp3) is 0.350. The van der Waals surface area contributed by atoms with Crippen molar-refractivity contribution in [3.63, 3.8) is 0 Å². The number of hydrogen-bond donors (Lipinski definition) is 1. The number of aliphatic hydroxyl groups is 1. The summed E-state index contributed by atoms with van der Waals surface area (Å²) in [7, 11) is 3.11. The number of carbonyl (C=O) groups excluding carboxylic acids is 1. The number of fused-ring (bicyclic) bond motifs is 1. The van der Waals surface area contributed by atoms with Crippen LogP contribution in [0.3, 0.4) is 0 Å². The first-order valence-corrected chi connectivity index (χ1v) is 8.43. The largest absolute Gasteiger partial charge is 0.493 e. The van der Waals surface area contributed by atoms with Gasteiger partial charge in [0.2, 0.25) is 0 Å². The summed E-state index contributed by atoms with van der Waals surface area (Å²) < 4.78 is 10.6. The van der Waals surface area contributed by atoms with Crippen LogP contribution < -0.4 is 14.4 Å². The van der Waals surface area contributed by atoms with Crippen molar-refractivity contribution < 1.29 is 19.4 Å². The van der Waals surface area contributed by atoms with Crippen molar-refractivity contribution in [3.8, 4) is 11.5 Å². The molecule has 1 aliphatic rings. The third kappa shape index (κ3) is 3.07. The molecule has 1 N–H and O–H groups in total. The van der Waals surface area contributed by atoms with Gasteiger partial charge in [0.05, 0.1) is 26.0 Å². The number of para-hydroxylation sites is 1. The number of rotatable bonds is 4. The van der Waals surface area contributed by atoms with E-state index in [1.165, 1.54) is 0 Å². The van der Waals surface area contributed by atoms with Crippen LogP contribution in [-0.4, -0.2) is 31.3 Å². The Morgan fingerprint density at radius 3 is 2.56 bits per heavy atom. The van der Waals surface area contributed by atoms with Gasteiger partial charge in [-0.25, -0.2) is 0 Å². The van der Waals surface area contributed by atoms with E-state index in [4.69, 9.17) is 9.47 Å². The van der Waals surface area contributed by atoms with Gasteiger partial charge in [0.1, 0.15) is 0 Å². The minimum atomic E-state index is -0.546. The third-order valence-corrected chi connectivity index (χ3v) is 4.74. The van der Waals surface area contributed by atoms with Gasteiger partial charge in [0.25, 0.3) is 5.91 Å². The smallest absolute Gasteiger partial charge is 0.258 e. The van der Waals surface area contributed by atoms with Crippen LogP contribution in [0.25, 0.3) is 0 Å². The lowest BCUT2D eigenvalue weighted by atomic mass is 9.91. The molecule has 5 nitrogen and oxygen atoms in total. The molecule has 3 rings (SSSR count). The second kappa shape index (κ2) is 7.15. The number of methoxy groups -OCH3 is 2. The third-order valence-electron chi connectivity index (χ3n) is 4.74. The zero-order valence-electron chi connectivity index (χ0n) is 14.7. The maximum atomic E-state index is 13.3. The number of benzene rings is 2. The Balaban J connectivity index is 2.04. The highest BCUT2D eigenvalue weighted by atomic mass is 16.5. The monoisotopic (exact) mass is 341 g/mol. The first-order chi connectivity index (χ1) is 12.1. The molecule has 2 atom stereocenters. The van der Waals surface area contributed by atoms with Crippen molar-refractivity contribution >= 4 is 11.6 Å². The van der Waals surface area contributed by atoms with Crippen molar-refractivity contribution in [2.75, 3.05) is 19.1 Å². The average molecular weight is 341 g/mol. The van der Waals surface area contributed by atoms with E-state index in [0.29, 0.717) is 23.5 Å². The van der Waals surface area contributed by atoms with E-state index in [0.717, 1.165) is 17.7 Å². The molecule has 2 aromatic carbocycles. The Kier molecular flexibility index (Phi) is 4.95. The number of nitrogens with zero attached hydrogens (tertiary/aromatic N) is 1. The van der Waals surface area contributed by atoms with E-state index in [1.807, 2.05) is 31.2 Å². The van der Waals surface area contributed by atoms with E-state index >= 15 is 0 Å². The Bertz CT molecular complexity index is 774. The molecular formula is C20H23NO4. The molecule has 0 unspecified atom stereocenters. The Hall–Kier alpha value is -2.53. The van der Waals surface area contributed by atoms with E-state index in [1.54, 1.807) is 37.3 Å². The molecule has 0 aromatic heterocycles. The number of carbonyl (C=O) groups is 1. The lowest BCUT2D eigenvalue weighted by Gasteiger charge is -2.39. The highest BCUT2D eigenvalue weighted by Gasteiger charge is 2.34. The normalized spacial score (nSPS) is 19.3. The molecule has 25 heavy (non-hydrogen) atoms. The molecule has 0 aliphatic carbocycles. The predicted molar refractivity (Wildman–Crippen MR) is 96.5 cm³/mol. The van der Waals surface area contributed by atoms with Gasteiger partial charge in [0, 0.05) is 17.2 Å². The van der Waals surface area contributed by atoms with Crippen LogP contribution >= 0.6 is 0 Å². The van der Waals surface area contributed by atoms with Gasteiger partial charge < -0.3 is 19.5 Å². The van der Waals surface area contributed by atoms with Crippen molar-refractivity contribution in [3.05, 3.63) is 53.6 Å². The van der Waals surface area contributed by atoms with Crippen LogP contribution in [0.4, 0.5) is 5.69 Å². The molecule has 1 aliphatic heterocycles. The van der Waals surface area contributed by atoms with E-state index in [-0.39, 0.29) is 11.9 Å². The lowest BCUT2D eigenvalue weighted by molar-refractivity contribution is 0.0941. The zero-order chi connectivity index (χ0) is 18.0. The maximum absolute atomic E-state index is 13.3. The minimum Gasteiger partial charge on any atom is -0.493 e. The molecule has 0 bridgehead atoms. The molecular weight excluding hydrogens is 318 g/mol. The second-order valence-corrected chi connectivity index (χ2v) is 6.12. The van der Waals surface area contributed by atoms with Gasteiger partial charge in [0.15, 0.2) is 11.5 Å². The van der Waals surface area contributed by atoms with Crippen LogP contribution in [0.15, 0.2) is 42.5 Å². The van der Waals surface area contributed by atoms with Crippen LogP contribution in [0.5, 0.6) is 11.5 Å². The van der Waals surface area contributed by atoms with E-state index in [2.05, 4.69) is 0 Å². The van der Waals surface area contributed by atoms with Crippen molar-refractivity contribution in [1.82, 2.24) is 0 Å². The Labute approximate surface area is 147 Å². The summed E-state index contributed by atoms with van der Waals surface area (Å²) in [5, 5.41) is 10.4. The number of hydrogen-bond acceptors (Lipinski definition) is 4. The highest BCUT2D eigenvalue weighted by molar-refractivity contribution is 6.07. The first-order valence-electron chi connectivity index (χ1n) is 8.43. The summed E-state index contributed by atoms with van der Waals surface area (Å²) in [4.78, 5) is 15.0. The minimum absolute atomic E-state index is 0.0505. The highest BCUT2D eigenvalue weighted by Crippen LogP contribution is 2.39. The summed E-state index contributed by atoms with van der Waals surface area (Å²) in [6.45, 7) is 2.03. The SMILES string of the molecule is CC[C@@H]1C[C@H](O)c2ccccc2N1C(=O)c1ccc(OC)c(OC)c1. The topological polar surface area (TPSA) is 59.0 Å². The molecule has 0 spiro atoms. The molecule has 1 amide bonds. The van der Waals surface area contributed by atoms with Crippen LogP contribution in [0, 0.1) is 0 Å². The maximum Gasteiger partial charge on any atom is 0.258 e. The van der Waals surface area contributed by atoms with E-state index < -0.39 is 6.10 Å². The summed E-state index contributed by atoms with van der Waals surface area (Å²) in [6.07, 6.45) is 0.757. The van der Waals surface area contributed by atoms with Crippen molar-refractivity contribution in [2.24, 2.45) is 0 Å². The summed E-state index contributed by atoms with van der Waals surface area (Å²) in [5.41, 5.74) is 2.09. The van der Waals surface area contributed by atoms with Gasteiger partial charge in [-0.3, -0.25) is 4.79 Å². The fourth-order valence-electron chi connectivity index (χ4n) is 3.41. The Morgan fingerprint density at radius 1 is 1.16 bits per heavy atom. The van der Waals surface area contributed by atoms with Crippen LogP contribution in [-0.2, 0) is 0 Å². The number of amides is 1. The molecule has 132 valence electrons. The number of ether oxygens (including phenoxy) is 2. The quantitative estimate of drug-likeness (QED) is 0.924. The number of anilines is 1. The summed E-state index contributed by atoms with van der Waals surface area (Å²) >= 11 is 0. The van der Waals surface area contributed by atoms with Gasteiger partial charge in [-0.15, -0.1) is 0 Å². The fourth-order valence-corrected chi connectivity index (χ4v) is 3.41. The predicted octanol–water partition coefficient (Wildman–Crippen LogP) is 3.57. The standard InChI is InChI=1S/C20H23NO4/c1-4-14-12-17(22)15-7-5-6-8-16(15)21(14)20(23)13-9-10-18(24-2)19(11-13)25-3/h5-11,14,17,22H,4,12H2,1-3H3/t14-,17+/m1/s1. The van der Waals surface area contributed by atoms with Gasteiger partial charge in [-0.05, 0) is 37.1 Å². The average Bonchev–Trinajstić information content (AvgIpc) is 2.66. The number of aliphatic hydroxyl groups excluding tert-OH is 1. The second-order valence-electron chi connectivity index (χ2n) is 6.12. The molecule has 1 heterocycles. The summed E-state index contributed by atoms with van der Waals surface area (Å²) in [5.74, 6) is 0.999. The van der Waals surface area contributed by atoms with Gasteiger partial charge in [-0.1, -0.05) is 25.1 Å². The molecule has 0 radical (unpaired) electrons. The van der Waals surface area contributed by atoms with E-state index in [9.17, 15) is 9.90 Å². The lowest BCUT2D eigenvalue weighted by Crippen LogP contribution is -2.44. The van der Waals surface area contributed by atoms with Gasteiger partial charge >= 0.3 is 0 Å². The molecule has 0 saturated carbocycles. The van der Waals surface area contributed by atoms with Gasteiger partial charge in [-0.2, -0.15) is 0 Å². The molecule has 2 aromatic rings. The first kappa shape index (κ1) is 17.3. The van der Waals surface area contributed by atoms with Crippen LogP contribution in [0.1, 0.15) is 41.8 Å². The Morgan fingerprint density at radius 2 is 1.88 bits per heavy atom. The van der Waals surface area contributed by atoms with Crippen LogP contribution in [0.2, 0.25) is 0 Å². The summed E-state index contributed by atoms with van der Waals surface area (Å²) in [6, 6.07) is 12.7. The molecule has 0 fully saturated rings. The van der Waals surface area contributed by atoms with Crippen molar-refractivity contribution in [2.45, 2.75) is 31.9 Å². The zero-order valence-corrected chi connectivity index (χ0v) is 14.7. The molecule has 0 saturated heterocycles. The molecule has 5 heteroatoms.